The molecule has 0 bridgehead atoms. The van der Waals surface area contributed by atoms with E-state index < -0.39 is 11.2 Å². The van der Waals surface area contributed by atoms with E-state index in [1.54, 1.807) is 12.4 Å². The molecule has 0 amide bonds. The van der Waals surface area contributed by atoms with E-state index in [1.165, 1.54) is 5.56 Å². The minimum Gasteiger partial charge on any atom is -0.606 e. The molecule has 0 aliphatic carbocycles. The molecule has 23 heavy (non-hydrogen) atoms. The van der Waals surface area contributed by atoms with E-state index in [9.17, 15) is 4.55 Å². The van der Waals surface area contributed by atoms with Crippen LogP contribution < -0.4 is 4.90 Å². The Morgan fingerprint density at radius 3 is 2.09 bits per heavy atom. The van der Waals surface area contributed by atoms with Gasteiger partial charge in [-0.1, -0.05) is 17.7 Å². The molecule has 0 spiro atoms. The summed E-state index contributed by atoms with van der Waals surface area (Å²) < 4.78 is 12.8. The second-order valence-electron chi connectivity index (χ2n) is 5.54. The van der Waals surface area contributed by atoms with E-state index in [4.69, 9.17) is 0 Å². The van der Waals surface area contributed by atoms with Crippen molar-refractivity contribution in [2.75, 3.05) is 4.90 Å². The molecule has 3 aromatic rings. The highest BCUT2D eigenvalue weighted by atomic mass is 32.2. The monoisotopic (exact) mass is 321 g/mol. The second-order valence-corrected chi connectivity index (χ2v) is 6.96. The summed E-state index contributed by atoms with van der Waals surface area (Å²) in [4.78, 5) is 12.4. The first-order chi connectivity index (χ1) is 11.2. The first kappa shape index (κ1) is 14.2. The first-order valence-electron chi connectivity index (χ1n) is 7.36. The van der Waals surface area contributed by atoms with Crippen molar-refractivity contribution < 1.29 is 4.55 Å². The van der Waals surface area contributed by atoms with Crippen LogP contribution in [0.2, 0.25) is 0 Å². The van der Waals surface area contributed by atoms with Crippen molar-refractivity contribution in [3.63, 3.8) is 0 Å². The number of fused-ring (bicyclic) bond motifs is 2. The van der Waals surface area contributed by atoms with Crippen molar-refractivity contribution in [3.05, 3.63) is 66.0 Å². The third kappa shape index (κ3) is 2.20. The Bertz CT molecular complexity index is 849. The van der Waals surface area contributed by atoms with E-state index in [0.717, 1.165) is 11.3 Å². The van der Waals surface area contributed by atoms with Crippen LogP contribution in [0.25, 0.3) is 0 Å². The minimum absolute atomic E-state index is 0.684. The molecule has 0 saturated carbocycles. The summed E-state index contributed by atoms with van der Waals surface area (Å²) in [6.07, 6.45) is 3.45. The van der Waals surface area contributed by atoms with Crippen molar-refractivity contribution in [3.8, 4) is 0 Å². The van der Waals surface area contributed by atoms with Gasteiger partial charge in [-0.15, -0.1) is 0 Å². The first-order valence-corrected chi connectivity index (χ1v) is 8.51. The lowest BCUT2D eigenvalue weighted by molar-refractivity contribution is 0.592. The molecule has 5 heteroatoms. The molecular weight excluding hydrogens is 306 g/mol. The van der Waals surface area contributed by atoms with E-state index in [1.807, 2.05) is 29.2 Å². The van der Waals surface area contributed by atoms with Crippen LogP contribution in [0.1, 0.15) is 11.1 Å². The lowest BCUT2D eigenvalue weighted by Gasteiger charge is -2.31. The minimum atomic E-state index is -1.26. The van der Waals surface area contributed by atoms with Gasteiger partial charge in [-0.25, -0.2) is 9.97 Å². The number of benzene rings is 1. The summed E-state index contributed by atoms with van der Waals surface area (Å²) in [5, 5.41) is 0. The zero-order valence-corrected chi connectivity index (χ0v) is 13.7. The molecule has 1 aromatic carbocycles. The van der Waals surface area contributed by atoms with Crippen LogP contribution in [0.5, 0.6) is 0 Å². The predicted molar refractivity (Wildman–Crippen MR) is 90.9 cm³/mol. The Morgan fingerprint density at radius 2 is 1.52 bits per heavy atom. The van der Waals surface area contributed by atoms with Gasteiger partial charge in [0.1, 0.15) is 0 Å². The van der Waals surface area contributed by atoms with Crippen molar-refractivity contribution in [1.29, 1.82) is 0 Å². The molecule has 1 aliphatic heterocycles. The summed E-state index contributed by atoms with van der Waals surface area (Å²) >= 11 is -1.26. The molecule has 1 aliphatic rings. The summed E-state index contributed by atoms with van der Waals surface area (Å²) in [6.45, 7) is 4.14. The Balaban J connectivity index is 2.01. The van der Waals surface area contributed by atoms with Gasteiger partial charge in [0.2, 0.25) is 9.79 Å². The van der Waals surface area contributed by atoms with Gasteiger partial charge in [0, 0.05) is 23.6 Å². The molecule has 0 fully saturated rings. The van der Waals surface area contributed by atoms with Gasteiger partial charge in [0.05, 0.1) is 5.69 Å². The average Bonchev–Trinajstić information content (AvgIpc) is 2.57. The standard InChI is InChI=1S/C18H15N3OS/c1-12-7-8-14(13(2)11-12)21-17-15(5-3-9-19-17)23(22)16-6-4-10-20-18(16)21/h3-11H,1-2H3. The second kappa shape index (κ2) is 5.37. The summed E-state index contributed by atoms with van der Waals surface area (Å²) in [5.74, 6) is 1.37. The number of aromatic nitrogens is 2. The van der Waals surface area contributed by atoms with Crippen LogP contribution in [-0.2, 0) is 11.2 Å². The highest BCUT2D eigenvalue weighted by Crippen LogP contribution is 2.46. The molecule has 0 unspecified atom stereocenters. The fourth-order valence-corrected chi connectivity index (χ4v) is 4.15. The van der Waals surface area contributed by atoms with E-state index in [0.29, 0.717) is 21.4 Å². The molecule has 0 saturated heterocycles. The van der Waals surface area contributed by atoms with Gasteiger partial charge in [-0.05, 0) is 49.7 Å². The van der Waals surface area contributed by atoms with Crippen molar-refractivity contribution in [2.45, 2.75) is 23.6 Å². The van der Waals surface area contributed by atoms with Crippen molar-refractivity contribution in [1.82, 2.24) is 9.97 Å². The molecule has 0 N–H and O–H groups in total. The third-order valence-electron chi connectivity index (χ3n) is 3.92. The molecule has 0 radical (unpaired) electrons. The maximum atomic E-state index is 12.8. The molecular formula is C18H15N3OS. The van der Waals surface area contributed by atoms with Gasteiger partial charge >= 0.3 is 0 Å². The summed E-state index contributed by atoms with van der Waals surface area (Å²) in [7, 11) is 0. The van der Waals surface area contributed by atoms with Crippen molar-refractivity contribution >= 4 is 28.5 Å². The topological polar surface area (TPSA) is 52.1 Å². The van der Waals surface area contributed by atoms with Gasteiger partial charge in [-0.3, -0.25) is 4.90 Å². The summed E-state index contributed by atoms with van der Waals surface area (Å²) in [5.41, 5.74) is 3.34. The summed E-state index contributed by atoms with van der Waals surface area (Å²) in [6, 6.07) is 13.6. The smallest absolute Gasteiger partial charge is 0.201 e. The van der Waals surface area contributed by atoms with Crippen molar-refractivity contribution in [2.24, 2.45) is 0 Å². The zero-order valence-electron chi connectivity index (χ0n) is 12.9. The van der Waals surface area contributed by atoms with E-state index in [-0.39, 0.29) is 0 Å². The number of hydrogen-bond acceptors (Lipinski definition) is 4. The fraction of sp³-hybridized carbons (Fsp3) is 0.111. The van der Waals surface area contributed by atoms with Crippen LogP contribution in [0.3, 0.4) is 0 Å². The molecule has 4 rings (SSSR count). The third-order valence-corrected chi connectivity index (χ3v) is 5.35. The number of anilines is 3. The van der Waals surface area contributed by atoms with Crippen LogP contribution in [0.15, 0.2) is 64.6 Å². The van der Waals surface area contributed by atoms with Gasteiger partial charge < -0.3 is 4.55 Å². The average molecular weight is 321 g/mol. The van der Waals surface area contributed by atoms with Gasteiger partial charge in [0.25, 0.3) is 0 Å². The maximum absolute atomic E-state index is 12.8. The van der Waals surface area contributed by atoms with Crippen LogP contribution in [0, 0.1) is 13.8 Å². The maximum Gasteiger partial charge on any atom is 0.201 e. The van der Waals surface area contributed by atoms with Crippen LogP contribution in [-0.4, -0.2) is 14.5 Å². The lowest BCUT2D eigenvalue weighted by Crippen LogP contribution is -2.24. The largest absolute Gasteiger partial charge is 0.606 e. The SMILES string of the molecule is Cc1ccc(N2c3ncccc3[S+]([O-])c3cccnc32)c(C)c1. The van der Waals surface area contributed by atoms with Crippen LogP contribution in [0.4, 0.5) is 17.3 Å². The number of aryl methyl sites for hydroxylation is 2. The number of hydrogen-bond donors (Lipinski definition) is 0. The molecule has 2 aromatic heterocycles. The normalized spacial score (nSPS) is 13.6. The quantitative estimate of drug-likeness (QED) is 0.635. The molecule has 0 atom stereocenters. The zero-order chi connectivity index (χ0) is 16.0. The molecule has 114 valence electrons. The Hall–Kier alpha value is -2.37. The highest BCUT2D eigenvalue weighted by molar-refractivity contribution is 7.92. The molecule has 3 heterocycles. The Morgan fingerprint density at radius 1 is 0.913 bits per heavy atom. The Labute approximate surface area is 138 Å². The van der Waals surface area contributed by atoms with E-state index >= 15 is 0 Å². The Kier molecular flexibility index (Phi) is 3.32. The van der Waals surface area contributed by atoms with Gasteiger partial charge in [0.15, 0.2) is 11.6 Å². The van der Waals surface area contributed by atoms with Gasteiger partial charge in [-0.2, -0.15) is 0 Å². The number of nitrogens with zero attached hydrogens (tertiary/aromatic N) is 3. The predicted octanol–water partition coefficient (Wildman–Crippen LogP) is 4.04. The lowest BCUT2D eigenvalue weighted by atomic mass is 10.1. The highest BCUT2D eigenvalue weighted by Gasteiger charge is 2.36. The van der Waals surface area contributed by atoms with E-state index in [2.05, 4.69) is 42.0 Å². The van der Waals surface area contributed by atoms with Crippen LogP contribution >= 0.6 is 0 Å². The molecule has 4 nitrogen and oxygen atoms in total. The number of pyridine rings is 2. The number of rotatable bonds is 1. The fourth-order valence-electron chi connectivity index (χ4n) is 2.89.